The van der Waals surface area contributed by atoms with E-state index in [1.165, 1.54) is 4.57 Å². The summed E-state index contributed by atoms with van der Waals surface area (Å²) in [5.41, 5.74) is 1.36. The Morgan fingerprint density at radius 3 is 2.47 bits per heavy atom. The molecule has 19 heavy (non-hydrogen) atoms. The minimum Gasteiger partial charge on any atom is -0.494 e. The topological polar surface area (TPSA) is 54.3 Å². The van der Waals surface area contributed by atoms with Crippen molar-refractivity contribution in [3.05, 3.63) is 60.7 Å². The molecule has 1 aromatic heterocycles. The maximum atomic E-state index is 12.2. The molecule has 0 saturated heterocycles. The van der Waals surface area contributed by atoms with Gasteiger partial charge in [-0.3, -0.25) is 0 Å². The van der Waals surface area contributed by atoms with Crippen LogP contribution in [0.4, 0.5) is 10.5 Å². The smallest absolute Gasteiger partial charge is 0.333 e. The maximum absolute atomic E-state index is 12.2. The lowest BCUT2D eigenvalue weighted by Gasteiger charge is -2.07. The standard InChI is InChI=1S/C15H12N2O2/c18-14-10-11-6-4-5-9-13(11)17(14)15(19)16-12-7-2-1-3-8-12/h1-10,18H,(H,16,19). The van der Waals surface area contributed by atoms with Crippen molar-refractivity contribution in [2.75, 3.05) is 5.32 Å². The number of hydrogen-bond donors (Lipinski definition) is 2. The molecule has 1 heterocycles. The highest BCUT2D eigenvalue weighted by Crippen LogP contribution is 2.24. The van der Waals surface area contributed by atoms with Gasteiger partial charge < -0.3 is 10.4 Å². The number of carbonyl (C=O) groups is 1. The zero-order valence-corrected chi connectivity index (χ0v) is 10.1. The van der Waals surface area contributed by atoms with Crippen LogP contribution in [0.25, 0.3) is 10.9 Å². The normalized spacial score (nSPS) is 10.5. The summed E-state index contributed by atoms with van der Waals surface area (Å²) in [6.07, 6.45) is 0. The van der Waals surface area contributed by atoms with E-state index in [4.69, 9.17) is 0 Å². The van der Waals surface area contributed by atoms with Gasteiger partial charge in [-0.25, -0.2) is 9.36 Å². The van der Waals surface area contributed by atoms with Gasteiger partial charge in [0.1, 0.15) is 0 Å². The molecule has 3 rings (SSSR count). The van der Waals surface area contributed by atoms with Crippen molar-refractivity contribution in [1.29, 1.82) is 0 Å². The fourth-order valence-electron chi connectivity index (χ4n) is 2.05. The highest BCUT2D eigenvalue weighted by Gasteiger charge is 2.14. The minimum atomic E-state index is -0.384. The summed E-state index contributed by atoms with van der Waals surface area (Å²) in [6.45, 7) is 0. The zero-order valence-electron chi connectivity index (χ0n) is 10.1. The van der Waals surface area contributed by atoms with E-state index in [0.29, 0.717) is 11.2 Å². The maximum Gasteiger partial charge on any atom is 0.333 e. The lowest BCUT2D eigenvalue weighted by Crippen LogP contribution is -2.18. The molecule has 0 aliphatic carbocycles. The van der Waals surface area contributed by atoms with Gasteiger partial charge in [0.25, 0.3) is 0 Å². The molecular formula is C15H12N2O2. The van der Waals surface area contributed by atoms with Gasteiger partial charge in [-0.1, -0.05) is 36.4 Å². The molecule has 0 aliphatic rings. The van der Waals surface area contributed by atoms with Crippen LogP contribution in [0.1, 0.15) is 0 Å². The molecule has 3 aromatic rings. The molecule has 0 bridgehead atoms. The Morgan fingerprint density at radius 1 is 1.00 bits per heavy atom. The first-order valence-corrected chi connectivity index (χ1v) is 5.91. The van der Waals surface area contributed by atoms with E-state index in [1.54, 1.807) is 24.3 Å². The van der Waals surface area contributed by atoms with Crippen LogP contribution in [0.3, 0.4) is 0 Å². The predicted molar refractivity (Wildman–Crippen MR) is 74.5 cm³/mol. The number of carbonyl (C=O) groups excluding carboxylic acids is 1. The summed E-state index contributed by atoms with van der Waals surface area (Å²) in [5, 5.41) is 13.4. The van der Waals surface area contributed by atoms with Crippen molar-refractivity contribution < 1.29 is 9.90 Å². The minimum absolute atomic E-state index is 0.0744. The monoisotopic (exact) mass is 252 g/mol. The Labute approximate surface area is 109 Å². The number of amides is 1. The Bertz CT molecular complexity index is 732. The van der Waals surface area contributed by atoms with Crippen LogP contribution in [0.2, 0.25) is 0 Å². The summed E-state index contributed by atoms with van der Waals surface area (Å²) in [7, 11) is 0. The first-order chi connectivity index (χ1) is 9.25. The van der Waals surface area contributed by atoms with Gasteiger partial charge in [0.05, 0.1) is 5.52 Å². The lowest BCUT2D eigenvalue weighted by atomic mass is 10.2. The average Bonchev–Trinajstić information content (AvgIpc) is 2.75. The average molecular weight is 252 g/mol. The van der Waals surface area contributed by atoms with E-state index in [0.717, 1.165) is 5.39 Å². The van der Waals surface area contributed by atoms with Crippen molar-refractivity contribution in [2.24, 2.45) is 0 Å². The molecule has 0 saturated carbocycles. The Kier molecular flexibility index (Phi) is 2.68. The highest BCUT2D eigenvalue weighted by molar-refractivity contribution is 6.00. The molecule has 0 atom stereocenters. The van der Waals surface area contributed by atoms with Crippen molar-refractivity contribution in [1.82, 2.24) is 4.57 Å². The SMILES string of the molecule is O=C(Nc1ccccc1)n1c(O)cc2ccccc21. The van der Waals surface area contributed by atoms with Crippen LogP contribution in [0.5, 0.6) is 5.88 Å². The number of nitrogens with zero attached hydrogens (tertiary/aromatic N) is 1. The summed E-state index contributed by atoms with van der Waals surface area (Å²) in [4.78, 5) is 12.2. The van der Waals surface area contributed by atoms with Crippen molar-refractivity contribution >= 4 is 22.6 Å². The van der Waals surface area contributed by atoms with Gasteiger partial charge >= 0.3 is 6.03 Å². The van der Waals surface area contributed by atoms with E-state index < -0.39 is 0 Å². The van der Waals surface area contributed by atoms with Crippen molar-refractivity contribution in [3.8, 4) is 5.88 Å². The van der Waals surface area contributed by atoms with Crippen LogP contribution in [-0.4, -0.2) is 15.7 Å². The van der Waals surface area contributed by atoms with Crippen LogP contribution < -0.4 is 5.32 Å². The number of benzene rings is 2. The largest absolute Gasteiger partial charge is 0.494 e. The van der Waals surface area contributed by atoms with Gasteiger partial charge in [-0.2, -0.15) is 0 Å². The molecule has 1 amide bonds. The van der Waals surface area contributed by atoms with Crippen LogP contribution >= 0.6 is 0 Å². The second-order valence-electron chi connectivity index (χ2n) is 4.19. The Morgan fingerprint density at radius 2 is 1.68 bits per heavy atom. The number of nitrogens with one attached hydrogen (secondary N) is 1. The third-order valence-corrected chi connectivity index (χ3v) is 2.92. The summed E-state index contributed by atoms with van der Waals surface area (Å²) in [6, 6.07) is 17.6. The number of anilines is 1. The van der Waals surface area contributed by atoms with Gasteiger partial charge in [0, 0.05) is 17.1 Å². The third kappa shape index (κ3) is 2.04. The first-order valence-electron chi connectivity index (χ1n) is 5.91. The molecule has 0 fully saturated rings. The fraction of sp³-hybridized carbons (Fsp3) is 0. The van der Waals surface area contributed by atoms with E-state index in [1.807, 2.05) is 36.4 Å². The molecule has 2 aromatic carbocycles. The number of aromatic hydroxyl groups is 1. The van der Waals surface area contributed by atoms with Crippen LogP contribution in [0.15, 0.2) is 60.7 Å². The van der Waals surface area contributed by atoms with Crippen LogP contribution in [0, 0.1) is 0 Å². The molecule has 4 nitrogen and oxygen atoms in total. The quantitative estimate of drug-likeness (QED) is 0.697. The summed E-state index contributed by atoms with van der Waals surface area (Å²) >= 11 is 0. The van der Waals surface area contributed by atoms with Gasteiger partial charge in [0.15, 0.2) is 5.88 Å². The highest BCUT2D eigenvalue weighted by atomic mass is 16.3. The number of hydrogen-bond acceptors (Lipinski definition) is 2. The number of aromatic nitrogens is 1. The van der Waals surface area contributed by atoms with E-state index >= 15 is 0 Å². The van der Waals surface area contributed by atoms with Crippen LogP contribution in [-0.2, 0) is 0 Å². The lowest BCUT2D eigenvalue weighted by molar-refractivity contribution is 0.251. The molecule has 2 N–H and O–H groups in total. The number of rotatable bonds is 1. The molecular weight excluding hydrogens is 240 g/mol. The summed E-state index contributed by atoms with van der Waals surface area (Å²) < 4.78 is 1.25. The number of para-hydroxylation sites is 2. The van der Waals surface area contributed by atoms with Crippen molar-refractivity contribution in [3.63, 3.8) is 0 Å². The molecule has 0 unspecified atom stereocenters. The van der Waals surface area contributed by atoms with Crippen molar-refractivity contribution in [2.45, 2.75) is 0 Å². The Hall–Kier alpha value is -2.75. The molecule has 94 valence electrons. The summed E-state index contributed by atoms with van der Waals surface area (Å²) in [5.74, 6) is -0.0744. The predicted octanol–water partition coefficient (Wildman–Crippen LogP) is 3.43. The van der Waals surface area contributed by atoms with E-state index in [9.17, 15) is 9.90 Å². The van der Waals surface area contributed by atoms with Gasteiger partial charge in [-0.15, -0.1) is 0 Å². The van der Waals surface area contributed by atoms with Gasteiger partial charge in [0.2, 0.25) is 0 Å². The second-order valence-corrected chi connectivity index (χ2v) is 4.19. The van der Waals surface area contributed by atoms with Gasteiger partial charge in [-0.05, 0) is 18.2 Å². The zero-order chi connectivity index (χ0) is 13.2. The molecule has 4 heteroatoms. The van der Waals surface area contributed by atoms with E-state index in [-0.39, 0.29) is 11.9 Å². The third-order valence-electron chi connectivity index (χ3n) is 2.92. The second kappa shape index (κ2) is 4.49. The number of fused-ring (bicyclic) bond motifs is 1. The molecule has 0 aliphatic heterocycles. The Balaban J connectivity index is 2.00. The first kappa shape index (κ1) is 11.3. The van der Waals surface area contributed by atoms with E-state index in [2.05, 4.69) is 5.32 Å². The molecule has 0 radical (unpaired) electrons. The molecule has 0 spiro atoms. The fourth-order valence-corrected chi connectivity index (χ4v) is 2.05.